The molecule has 0 aliphatic heterocycles. The van der Waals surface area contributed by atoms with E-state index in [1.807, 2.05) is 0 Å². The van der Waals surface area contributed by atoms with Gasteiger partial charge < -0.3 is 0 Å². The second-order valence-corrected chi connectivity index (χ2v) is 5.83. The molecule has 0 heterocycles. The average molecular weight is 300 g/mol. The van der Waals surface area contributed by atoms with Crippen LogP contribution in [0.5, 0.6) is 0 Å². The number of nitrogens with zero attached hydrogens (tertiary/aromatic N) is 2. The fourth-order valence-electron chi connectivity index (χ4n) is 2.54. The van der Waals surface area contributed by atoms with Gasteiger partial charge in [0.2, 0.25) is 0 Å². The van der Waals surface area contributed by atoms with Crippen LogP contribution in [-0.4, -0.2) is 11.4 Å². The number of benzene rings is 1. The first-order valence-electron chi connectivity index (χ1n) is 8.78. The molecule has 0 radical (unpaired) electrons. The Bertz CT molecular complexity index is 519. The van der Waals surface area contributed by atoms with E-state index >= 15 is 0 Å². The second kappa shape index (κ2) is 8.87. The summed E-state index contributed by atoms with van der Waals surface area (Å²) < 4.78 is 0. The molecule has 2 nitrogen and oxygen atoms in total. The van der Waals surface area contributed by atoms with Crippen molar-refractivity contribution in [2.75, 3.05) is 0 Å². The molecule has 0 spiro atoms. The van der Waals surface area contributed by atoms with Gasteiger partial charge in [-0.3, -0.25) is 9.98 Å². The highest BCUT2D eigenvalue weighted by molar-refractivity contribution is 5.88. The molecule has 0 atom stereocenters. The summed E-state index contributed by atoms with van der Waals surface area (Å²) in [4.78, 5) is 9.87. The molecule has 1 aromatic rings. The van der Waals surface area contributed by atoms with Crippen LogP contribution in [0.15, 0.2) is 16.1 Å². The van der Waals surface area contributed by atoms with E-state index < -0.39 is 0 Å². The van der Waals surface area contributed by atoms with E-state index in [1.165, 1.54) is 39.5 Å². The van der Waals surface area contributed by atoms with Crippen LogP contribution in [-0.2, 0) is 19.3 Å². The first kappa shape index (κ1) is 18.6. The van der Waals surface area contributed by atoms with Gasteiger partial charge in [-0.25, -0.2) is 0 Å². The zero-order chi connectivity index (χ0) is 16.7. The fraction of sp³-hybridized carbons (Fsp3) is 0.600. The SMILES string of the molecule is CCC(C)=Nc1c(CC)cc(CC)c(N=C(C)CC)c1CC. The number of aliphatic imine (C=N–C) groups is 2. The minimum atomic E-state index is 0.979. The van der Waals surface area contributed by atoms with Gasteiger partial charge >= 0.3 is 0 Å². The lowest BCUT2D eigenvalue weighted by atomic mass is 9.95. The van der Waals surface area contributed by atoms with Crippen LogP contribution in [0.25, 0.3) is 0 Å². The van der Waals surface area contributed by atoms with Crippen LogP contribution in [0.4, 0.5) is 11.4 Å². The molecule has 1 rings (SSSR count). The number of hydrogen-bond acceptors (Lipinski definition) is 2. The predicted molar refractivity (Wildman–Crippen MR) is 101 cm³/mol. The summed E-state index contributed by atoms with van der Waals surface area (Å²) in [7, 11) is 0. The van der Waals surface area contributed by atoms with Crippen molar-refractivity contribution in [3.8, 4) is 0 Å². The Morgan fingerprint density at radius 2 is 1.14 bits per heavy atom. The largest absolute Gasteiger partial charge is 0.257 e. The van der Waals surface area contributed by atoms with E-state index in [0.29, 0.717) is 0 Å². The molecule has 122 valence electrons. The highest BCUT2D eigenvalue weighted by Crippen LogP contribution is 2.38. The maximum Gasteiger partial charge on any atom is 0.0714 e. The summed E-state index contributed by atoms with van der Waals surface area (Å²) in [5.41, 5.74) is 8.75. The Kier molecular flexibility index (Phi) is 7.50. The highest BCUT2D eigenvalue weighted by Gasteiger charge is 2.15. The first-order chi connectivity index (χ1) is 10.5. The minimum Gasteiger partial charge on any atom is -0.257 e. The topological polar surface area (TPSA) is 24.7 Å². The van der Waals surface area contributed by atoms with Gasteiger partial charge in [0, 0.05) is 17.0 Å². The van der Waals surface area contributed by atoms with Gasteiger partial charge in [-0.15, -0.1) is 0 Å². The standard InChI is InChI=1S/C20H32N2/c1-8-14(6)21-19-16(10-3)13-17(11-4)20(18(19)12-5)22-15(7)9-2/h13H,8-12H2,1-7H3. The van der Waals surface area contributed by atoms with E-state index in [4.69, 9.17) is 9.98 Å². The molecular weight excluding hydrogens is 268 g/mol. The monoisotopic (exact) mass is 300 g/mol. The van der Waals surface area contributed by atoms with Crippen LogP contribution in [0.3, 0.4) is 0 Å². The molecule has 0 saturated heterocycles. The van der Waals surface area contributed by atoms with Crippen LogP contribution in [0, 0.1) is 0 Å². The smallest absolute Gasteiger partial charge is 0.0714 e. The quantitative estimate of drug-likeness (QED) is 0.522. The molecule has 22 heavy (non-hydrogen) atoms. The Hall–Kier alpha value is -1.44. The number of hydrogen-bond donors (Lipinski definition) is 0. The second-order valence-electron chi connectivity index (χ2n) is 5.83. The van der Waals surface area contributed by atoms with E-state index in [0.717, 1.165) is 32.1 Å². The normalized spacial score (nSPS) is 12.9. The van der Waals surface area contributed by atoms with Gasteiger partial charge in [0.15, 0.2) is 0 Å². The lowest BCUT2D eigenvalue weighted by molar-refractivity contribution is 1.03. The highest BCUT2D eigenvalue weighted by atomic mass is 14.8. The van der Waals surface area contributed by atoms with E-state index in [1.54, 1.807) is 0 Å². The molecule has 0 unspecified atom stereocenters. The summed E-state index contributed by atoms with van der Waals surface area (Å²) in [5, 5.41) is 0. The van der Waals surface area contributed by atoms with Gasteiger partial charge in [-0.2, -0.15) is 0 Å². The van der Waals surface area contributed by atoms with Crippen molar-refractivity contribution in [1.82, 2.24) is 0 Å². The summed E-state index contributed by atoms with van der Waals surface area (Å²) in [6, 6.07) is 2.32. The van der Waals surface area contributed by atoms with Crippen LogP contribution < -0.4 is 0 Å². The molecule has 0 N–H and O–H groups in total. The molecule has 0 fully saturated rings. The third-order valence-electron chi connectivity index (χ3n) is 4.27. The van der Waals surface area contributed by atoms with Gasteiger partial charge in [-0.1, -0.05) is 40.7 Å². The summed E-state index contributed by atoms with van der Waals surface area (Å²) in [6.45, 7) is 15.2. The van der Waals surface area contributed by atoms with Gasteiger partial charge in [0.25, 0.3) is 0 Å². The third-order valence-corrected chi connectivity index (χ3v) is 4.27. The Balaban J connectivity index is 3.71. The lowest BCUT2D eigenvalue weighted by Crippen LogP contribution is -1.99. The average Bonchev–Trinajstić information content (AvgIpc) is 2.54. The molecule has 2 heteroatoms. The summed E-state index contributed by atoms with van der Waals surface area (Å²) in [6.07, 6.45) is 5.01. The third kappa shape index (κ3) is 4.28. The molecule has 0 amide bonds. The van der Waals surface area contributed by atoms with Crippen LogP contribution in [0.1, 0.15) is 78.0 Å². The van der Waals surface area contributed by atoms with Crippen molar-refractivity contribution in [3.05, 3.63) is 22.8 Å². The van der Waals surface area contributed by atoms with Gasteiger partial charge in [0.05, 0.1) is 11.4 Å². The Labute approximate surface area is 136 Å². The zero-order valence-electron chi connectivity index (χ0n) is 15.5. The van der Waals surface area contributed by atoms with Crippen molar-refractivity contribution >= 4 is 22.8 Å². The summed E-state index contributed by atoms with van der Waals surface area (Å²) in [5.74, 6) is 0. The van der Waals surface area contributed by atoms with E-state index in [2.05, 4.69) is 54.5 Å². The number of aryl methyl sites for hydroxylation is 2. The number of rotatable bonds is 7. The van der Waals surface area contributed by atoms with E-state index in [-0.39, 0.29) is 0 Å². The van der Waals surface area contributed by atoms with Crippen LogP contribution in [0.2, 0.25) is 0 Å². The molecule has 0 aliphatic rings. The van der Waals surface area contributed by atoms with Crippen molar-refractivity contribution in [1.29, 1.82) is 0 Å². The minimum absolute atomic E-state index is 0.979. The molecule has 0 saturated carbocycles. The first-order valence-corrected chi connectivity index (χ1v) is 8.78. The Morgan fingerprint density at radius 1 is 0.727 bits per heavy atom. The van der Waals surface area contributed by atoms with Crippen molar-refractivity contribution in [2.45, 2.75) is 80.6 Å². The van der Waals surface area contributed by atoms with Gasteiger partial charge in [-0.05, 0) is 57.1 Å². The molecule has 0 aromatic heterocycles. The van der Waals surface area contributed by atoms with Crippen molar-refractivity contribution < 1.29 is 0 Å². The maximum absolute atomic E-state index is 4.94. The molecule has 0 bridgehead atoms. The Morgan fingerprint density at radius 3 is 1.41 bits per heavy atom. The lowest BCUT2D eigenvalue weighted by Gasteiger charge is -2.17. The van der Waals surface area contributed by atoms with Crippen molar-refractivity contribution in [3.63, 3.8) is 0 Å². The van der Waals surface area contributed by atoms with Crippen LogP contribution >= 0.6 is 0 Å². The maximum atomic E-state index is 4.94. The zero-order valence-corrected chi connectivity index (χ0v) is 15.5. The predicted octanol–water partition coefficient (Wildman–Crippen LogP) is 6.38. The van der Waals surface area contributed by atoms with E-state index in [9.17, 15) is 0 Å². The molecular formula is C20H32N2. The summed E-state index contributed by atoms with van der Waals surface area (Å²) >= 11 is 0. The molecule has 0 aliphatic carbocycles. The van der Waals surface area contributed by atoms with Crippen molar-refractivity contribution in [2.24, 2.45) is 9.98 Å². The molecule has 1 aromatic carbocycles. The van der Waals surface area contributed by atoms with Gasteiger partial charge in [0.1, 0.15) is 0 Å². The fourth-order valence-corrected chi connectivity index (χ4v) is 2.54.